The fraction of sp³-hybridized carbons (Fsp3) is 0.476. The summed E-state index contributed by atoms with van der Waals surface area (Å²) in [5.74, 6) is 1.01. The molecule has 1 N–H and O–H groups in total. The molecular weight excluding hydrogens is 342 g/mol. The minimum absolute atomic E-state index is 0.0695. The van der Waals surface area contributed by atoms with Gasteiger partial charge in [-0.05, 0) is 37.3 Å². The molecule has 3 aromatic rings. The summed E-state index contributed by atoms with van der Waals surface area (Å²) in [7, 11) is 0. The molecule has 0 bridgehead atoms. The van der Waals surface area contributed by atoms with E-state index < -0.39 is 5.63 Å². The van der Waals surface area contributed by atoms with Crippen LogP contribution < -0.4 is 10.9 Å². The van der Waals surface area contributed by atoms with Gasteiger partial charge in [0, 0.05) is 11.4 Å². The van der Waals surface area contributed by atoms with Crippen molar-refractivity contribution in [1.29, 1.82) is 0 Å². The number of aromatic nitrogens is 2. The number of fused-ring (bicyclic) bond motifs is 3. The van der Waals surface area contributed by atoms with Crippen LogP contribution in [0, 0.1) is 18.8 Å². The zero-order valence-corrected chi connectivity index (χ0v) is 16.0. The van der Waals surface area contributed by atoms with Crippen LogP contribution in [0.25, 0.3) is 21.9 Å². The zero-order chi connectivity index (χ0) is 19.1. The van der Waals surface area contributed by atoms with E-state index in [4.69, 9.17) is 4.42 Å². The Bertz CT molecular complexity index is 1070. The first-order chi connectivity index (χ1) is 12.9. The van der Waals surface area contributed by atoms with Crippen LogP contribution >= 0.6 is 0 Å². The van der Waals surface area contributed by atoms with Crippen molar-refractivity contribution in [1.82, 2.24) is 15.1 Å². The highest BCUT2D eigenvalue weighted by Gasteiger charge is 2.28. The topological polar surface area (TPSA) is 77.1 Å². The van der Waals surface area contributed by atoms with Crippen LogP contribution in [0.1, 0.15) is 38.7 Å². The first-order valence-corrected chi connectivity index (χ1v) is 9.62. The molecule has 1 amide bonds. The summed E-state index contributed by atoms with van der Waals surface area (Å²) >= 11 is 0. The molecule has 1 aliphatic rings. The molecule has 6 nitrogen and oxygen atoms in total. The smallest absolute Gasteiger partial charge is 0.347 e. The quantitative estimate of drug-likeness (QED) is 0.720. The van der Waals surface area contributed by atoms with Gasteiger partial charge in [0.05, 0.1) is 11.7 Å². The third-order valence-corrected chi connectivity index (χ3v) is 6.00. The van der Waals surface area contributed by atoms with Crippen molar-refractivity contribution in [3.05, 3.63) is 40.4 Å². The molecule has 0 aliphatic heterocycles. The minimum Gasteiger partial charge on any atom is -0.422 e. The number of nitrogens with one attached hydrogen (secondary N) is 1. The molecule has 1 aliphatic carbocycles. The Morgan fingerprint density at radius 2 is 2.11 bits per heavy atom. The van der Waals surface area contributed by atoms with Gasteiger partial charge in [-0.3, -0.25) is 9.48 Å². The molecule has 0 radical (unpaired) electrons. The monoisotopic (exact) mass is 367 g/mol. The molecule has 0 unspecified atom stereocenters. The average Bonchev–Trinajstić information content (AvgIpc) is 3.04. The van der Waals surface area contributed by atoms with Gasteiger partial charge in [-0.1, -0.05) is 38.3 Å². The first kappa shape index (κ1) is 17.8. The molecule has 142 valence electrons. The van der Waals surface area contributed by atoms with Crippen molar-refractivity contribution in [3.8, 4) is 0 Å². The van der Waals surface area contributed by atoms with Gasteiger partial charge in [-0.25, -0.2) is 4.79 Å². The van der Waals surface area contributed by atoms with Crippen LogP contribution in [0.15, 0.2) is 33.6 Å². The average molecular weight is 367 g/mol. The van der Waals surface area contributed by atoms with Crippen molar-refractivity contribution in [3.63, 3.8) is 0 Å². The number of hydrogen-bond donors (Lipinski definition) is 1. The molecular formula is C21H25N3O3. The number of hydrogen-bond acceptors (Lipinski definition) is 4. The van der Waals surface area contributed by atoms with Gasteiger partial charge in [0.15, 0.2) is 0 Å². The van der Waals surface area contributed by atoms with Crippen LogP contribution in [-0.2, 0) is 11.3 Å². The molecule has 1 saturated carbocycles. The summed E-state index contributed by atoms with van der Waals surface area (Å²) in [6, 6.07) is 5.85. The number of amides is 1. The highest BCUT2D eigenvalue weighted by atomic mass is 16.4. The Hall–Kier alpha value is -2.63. The molecule has 0 spiro atoms. The lowest BCUT2D eigenvalue weighted by Gasteiger charge is -2.34. The standard InChI is InChI=1S/C21H25N3O3/c1-12-7-8-18-15(9-12)20-16(21(26)27-18)10-22-24(20)11-19(25)23-17-6-4-5-13(2)14(17)3/h7-10,13-14,17H,4-6,11H2,1-3H3,(H,23,25)/t13-,14-,17+/m0/s1. The summed E-state index contributed by atoms with van der Waals surface area (Å²) in [6.45, 7) is 6.53. The maximum atomic E-state index is 12.7. The highest BCUT2D eigenvalue weighted by molar-refractivity contribution is 6.02. The molecule has 3 atom stereocenters. The number of rotatable bonds is 3. The fourth-order valence-corrected chi connectivity index (χ4v) is 4.19. The first-order valence-electron chi connectivity index (χ1n) is 9.62. The summed E-state index contributed by atoms with van der Waals surface area (Å²) in [5, 5.41) is 8.68. The Morgan fingerprint density at radius 3 is 2.93 bits per heavy atom. The molecule has 2 heterocycles. The Labute approximate surface area is 157 Å². The Kier molecular flexibility index (Phi) is 4.50. The predicted octanol–water partition coefficient (Wildman–Crippen LogP) is 3.39. The Balaban J connectivity index is 1.66. The fourth-order valence-electron chi connectivity index (χ4n) is 4.19. The summed E-state index contributed by atoms with van der Waals surface area (Å²) in [6.07, 6.45) is 4.87. The SMILES string of the molecule is Cc1ccc2oc(=O)c3cnn(CC(=O)N[C@@H]4CCC[C@H](C)[C@@H]4C)c3c2c1. The molecule has 4 rings (SSSR count). The van der Waals surface area contributed by atoms with E-state index in [9.17, 15) is 9.59 Å². The lowest BCUT2D eigenvalue weighted by atomic mass is 9.78. The third-order valence-electron chi connectivity index (χ3n) is 6.00. The molecule has 6 heteroatoms. The van der Waals surface area contributed by atoms with Crippen LogP contribution in [0.4, 0.5) is 0 Å². The maximum Gasteiger partial charge on any atom is 0.347 e. The molecule has 0 saturated heterocycles. The van der Waals surface area contributed by atoms with E-state index >= 15 is 0 Å². The zero-order valence-electron chi connectivity index (χ0n) is 16.0. The third kappa shape index (κ3) is 3.24. The molecule has 27 heavy (non-hydrogen) atoms. The maximum absolute atomic E-state index is 12.7. The van der Waals surface area contributed by atoms with Gasteiger partial charge in [-0.15, -0.1) is 0 Å². The van der Waals surface area contributed by atoms with Crippen molar-refractivity contribution in [2.24, 2.45) is 11.8 Å². The van der Waals surface area contributed by atoms with E-state index in [1.54, 1.807) is 10.7 Å². The van der Waals surface area contributed by atoms with E-state index in [-0.39, 0.29) is 18.5 Å². The largest absolute Gasteiger partial charge is 0.422 e. The van der Waals surface area contributed by atoms with Crippen LogP contribution in [0.3, 0.4) is 0 Å². The van der Waals surface area contributed by atoms with Gasteiger partial charge in [0.1, 0.15) is 17.5 Å². The van der Waals surface area contributed by atoms with Crippen LogP contribution in [0.2, 0.25) is 0 Å². The van der Waals surface area contributed by atoms with E-state index in [2.05, 4.69) is 24.3 Å². The van der Waals surface area contributed by atoms with E-state index in [1.165, 1.54) is 12.6 Å². The molecule has 1 aromatic carbocycles. The highest BCUT2D eigenvalue weighted by Crippen LogP contribution is 2.29. The normalized spacial score (nSPS) is 23.0. The number of carbonyl (C=O) groups excluding carboxylic acids is 1. The summed E-state index contributed by atoms with van der Waals surface area (Å²) in [5.41, 5.74) is 1.79. The van der Waals surface area contributed by atoms with Crippen molar-refractivity contribution in [2.45, 2.75) is 52.6 Å². The predicted molar refractivity (Wildman–Crippen MR) is 105 cm³/mol. The lowest BCUT2D eigenvalue weighted by Crippen LogP contribution is -2.44. The second-order valence-electron chi connectivity index (χ2n) is 7.89. The van der Waals surface area contributed by atoms with Gasteiger partial charge < -0.3 is 9.73 Å². The van der Waals surface area contributed by atoms with Crippen molar-refractivity contribution < 1.29 is 9.21 Å². The summed E-state index contributed by atoms with van der Waals surface area (Å²) < 4.78 is 7.00. The molecule has 2 aromatic heterocycles. The van der Waals surface area contributed by atoms with Crippen LogP contribution in [0.5, 0.6) is 0 Å². The van der Waals surface area contributed by atoms with Gasteiger partial charge in [-0.2, -0.15) is 5.10 Å². The van der Waals surface area contributed by atoms with Crippen LogP contribution in [-0.4, -0.2) is 21.7 Å². The lowest BCUT2D eigenvalue weighted by molar-refractivity contribution is -0.123. The van der Waals surface area contributed by atoms with Gasteiger partial charge in [0.25, 0.3) is 0 Å². The van der Waals surface area contributed by atoms with E-state index in [1.807, 2.05) is 19.1 Å². The Morgan fingerprint density at radius 1 is 1.30 bits per heavy atom. The van der Waals surface area contributed by atoms with E-state index in [0.29, 0.717) is 28.3 Å². The number of carbonyl (C=O) groups is 1. The van der Waals surface area contributed by atoms with Crippen molar-refractivity contribution in [2.75, 3.05) is 0 Å². The second kappa shape index (κ2) is 6.83. The number of aryl methyl sites for hydroxylation is 1. The number of nitrogens with zero attached hydrogens (tertiary/aromatic N) is 2. The molecule has 1 fully saturated rings. The minimum atomic E-state index is -0.428. The van der Waals surface area contributed by atoms with Gasteiger partial charge in [0.2, 0.25) is 5.91 Å². The second-order valence-corrected chi connectivity index (χ2v) is 7.89. The van der Waals surface area contributed by atoms with E-state index in [0.717, 1.165) is 23.8 Å². The summed E-state index contributed by atoms with van der Waals surface area (Å²) in [4.78, 5) is 24.9. The van der Waals surface area contributed by atoms with Gasteiger partial charge >= 0.3 is 5.63 Å². The number of benzene rings is 1. The van der Waals surface area contributed by atoms with Crippen molar-refractivity contribution >= 4 is 27.8 Å².